The van der Waals surface area contributed by atoms with Crippen LogP contribution >= 0.6 is 0 Å². The van der Waals surface area contributed by atoms with Crippen molar-refractivity contribution in [3.63, 3.8) is 0 Å². The molecule has 2 aromatic carbocycles. The number of urea groups is 1. The van der Waals surface area contributed by atoms with Crippen molar-refractivity contribution in [2.24, 2.45) is 0 Å². The molecule has 0 spiro atoms. The summed E-state index contributed by atoms with van der Waals surface area (Å²) in [5.41, 5.74) is 1.63. The number of rotatable bonds is 8. The van der Waals surface area contributed by atoms with Crippen molar-refractivity contribution >= 4 is 21.8 Å². The lowest BCUT2D eigenvalue weighted by Gasteiger charge is -2.29. The molecular formula is C20H26N2O4S. The first-order valence-corrected chi connectivity index (χ1v) is 10.6. The second kappa shape index (κ2) is 9.41. The standard InChI is InChI=1S/C20H26N2O4S/c1-4-16(3)22(20(23)21-18-9-7-6-8-10-18)15-17-11-13-19(14-12-17)26-27(24,25)5-2/h6-14,16H,4-5,15H2,1-3H3,(H,21,23). The molecule has 0 heterocycles. The number of hydrogen-bond donors (Lipinski definition) is 1. The zero-order chi connectivity index (χ0) is 19.9. The maximum Gasteiger partial charge on any atom is 0.322 e. The van der Waals surface area contributed by atoms with Crippen LogP contribution in [-0.4, -0.2) is 31.1 Å². The van der Waals surface area contributed by atoms with Gasteiger partial charge < -0.3 is 14.4 Å². The van der Waals surface area contributed by atoms with Crippen LogP contribution in [0.2, 0.25) is 0 Å². The normalized spacial score (nSPS) is 12.3. The summed E-state index contributed by atoms with van der Waals surface area (Å²) < 4.78 is 28.1. The molecule has 2 aromatic rings. The minimum atomic E-state index is -3.55. The Labute approximate surface area is 161 Å². The number of benzene rings is 2. The van der Waals surface area contributed by atoms with E-state index in [2.05, 4.69) is 5.32 Å². The van der Waals surface area contributed by atoms with Gasteiger partial charge in [0.15, 0.2) is 0 Å². The molecule has 0 radical (unpaired) electrons. The molecule has 0 aliphatic carbocycles. The van der Waals surface area contributed by atoms with Crippen LogP contribution in [0, 0.1) is 0 Å². The minimum absolute atomic E-state index is 0.0464. The quantitative estimate of drug-likeness (QED) is 0.684. The molecule has 6 nitrogen and oxygen atoms in total. The molecule has 1 atom stereocenters. The SMILES string of the molecule is CCC(C)N(Cc1ccc(OS(=O)(=O)CC)cc1)C(=O)Nc1ccccc1. The van der Waals surface area contributed by atoms with E-state index in [-0.39, 0.29) is 23.6 Å². The third-order valence-electron chi connectivity index (χ3n) is 4.26. The van der Waals surface area contributed by atoms with E-state index in [4.69, 9.17) is 4.18 Å². The Morgan fingerprint density at radius 1 is 1.07 bits per heavy atom. The lowest BCUT2D eigenvalue weighted by molar-refractivity contribution is 0.187. The van der Waals surface area contributed by atoms with E-state index in [1.54, 1.807) is 29.2 Å². The van der Waals surface area contributed by atoms with E-state index >= 15 is 0 Å². The van der Waals surface area contributed by atoms with Gasteiger partial charge in [0.05, 0.1) is 5.75 Å². The van der Waals surface area contributed by atoms with Gasteiger partial charge in [0.1, 0.15) is 5.75 Å². The molecule has 2 rings (SSSR count). The van der Waals surface area contributed by atoms with Gasteiger partial charge in [-0.1, -0.05) is 37.3 Å². The maximum atomic E-state index is 12.7. The van der Waals surface area contributed by atoms with E-state index in [0.29, 0.717) is 6.54 Å². The Morgan fingerprint density at radius 3 is 2.26 bits per heavy atom. The van der Waals surface area contributed by atoms with Gasteiger partial charge in [-0.25, -0.2) is 4.79 Å². The van der Waals surface area contributed by atoms with Crippen LogP contribution in [0.1, 0.15) is 32.8 Å². The zero-order valence-electron chi connectivity index (χ0n) is 15.9. The van der Waals surface area contributed by atoms with Crippen molar-refractivity contribution in [2.75, 3.05) is 11.1 Å². The number of carbonyl (C=O) groups is 1. The molecule has 0 aromatic heterocycles. The average Bonchev–Trinajstić information content (AvgIpc) is 2.67. The van der Waals surface area contributed by atoms with Crippen molar-refractivity contribution in [2.45, 2.75) is 39.8 Å². The minimum Gasteiger partial charge on any atom is -0.382 e. The molecule has 0 fully saturated rings. The van der Waals surface area contributed by atoms with Crippen LogP contribution in [0.5, 0.6) is 5.75 Å². The second-order valence-electron chi connectivity index (χ2n) is 6.25. The van der Waals surface area contributed by atoms with E-state index < -0.39 is 10.1 Å². The number of carbonyl (C=O) groups excluding carboxylic acids is 1. The fourth-order valence-corrected chi connectivity index (χ4v) is 2.94. The number of amides is 2. The van der Waals surface area contributed by atoms with E-state index in [0.717, 1.165) is 17.7 Å². The summed E-state index contributed by atoms with van der Waals surface area (Å²) >= 11 is 0. The van der Waals surface area contributed by atoms with E-state index in [9.17, 15) is 13.2 Å². The third kappa shape index (κ3) is 6.29. The van der Waals surface area contributed by atoms with Crippen molar-refractivity contribution in [3.05, 3.63) is 60.2 Å². The van der Waals surface area contributed by atoms with Gasteiger partial charge in [-0.2, -0.15) is 8.42 Å². The molecule has 146 valence electrons. The Bertz CT molecular complexity index is 836. The van der Waals surface area contributed by atoms with Gasteiger partial charge >= 0.3 is 16.1 Å². The summed E-state index contributed by atoms with van der Waals surface area (Å²) in [7, 11) is -3.55. The van der Waals surface area contributed by atoms with E-state index in [1.807, 2.05) is 44.2 Å². The topological polar surface area (TPSA) is 75.7 Å². The van der Waals surface area contributed by atoms with Gasteiger partial charge in [-0.3, -0.25) is 0 Å². The summed E-state index contributed by atoms with van der Waals surface area (Å²) in [5.74, 6) is 0.181. The molecule has 0 bridgehead atoms. The largest absolute Gasteiger partial charge is 0.382 e. The van der Waals surface area contributed by atoms with Crippen LogP contribution in [0.25, 0.3) is 0 Å². The lowest BCUT2D eigenvalue weighted by Crippen LogP contribution is -2.40. The summed E-state index contributed by atoms with van der Waals surface area (Å²) in [6, 6.07) is 15.9. The molecule has 1 unspecified atom stereocenters. The summed E-state index contributed by atoms with van der Waals surface area (Å²) in [5, 5.41) is 2.91. The lowest BCUT2D eigenvalue weighted by atomic mass is 10.1. The fraction of sp³-hybridized carbons (Fsp3) is 0.350. The first-order valence-electron chi connectivity index (χ1n) is 8.98. The monoisotopic (exact) mass is 390 g/mol. The maximum absolute atomic E-state index is 12.7. The number of nitrogens with zero attached hydrogens (tertiary/aromatic N) is 1. The zero-order valence-corrected chi connectivity index (χ0v) is 16.7. The summed E-state index contributed by atoms with van der Waals surface area (Å²) in [6.07, 6.45) is 0.818. The first-order chi connectivity index (χ1) is 12.8. The van der Waals surface area contributed by atoms with Crippen molar-refractivity contribution < 1.29 is 17.4 Å². The Hall–Kier alpha value is -2.54. The summed E-state index contributed by atoms with van der Waals surface area (Å²) in [4.78, 5) is 14.5. The highest BCUT2D eigenvalue weighted by Gasteiger charge is 2.19. The predicted octanol–water partition coefficient (Wildman–Crippen LogP) is 4.25. The Balaban J connectivity index is 2.10. The second-order valence-corrected chi connectivity index (χ2v) is 8.11. The highest BCUT2D eigenvalue weighted by molar-refractivity contribution is 7.87. The molecule has 0 saturated heterocycles. The Morgan fingerprint density at radius 2 is 1.70 bits per heavy atom. The summed E-state index contributed by atoms with van der Waals surface area (Å²) in [6.45, 7) is 5.96. The molecule has 0 aliphatic rings. The molecule has 0 saturated carbocycles. The van der Waals surface area contributed by atoms with E-state index in [1.165, 1.54) is 6.92 Å². The first kappa shape index (κ1) is 20.8. The number of nitrogens with one attached hydrogen (secondary N) is 1. The molecule has 1 N–H and O–H groups in total. The van der Waals surface area contributed by atoms with Crippen LogP contribution in [0.15, 0.2) is 54.6 Å². The molecular weight excluding hydrogens is 364 g/mol. The Kier molecular flexibility index (Phi) is 7.24. The molecule has 0 aliphatic heterocycles. The fourth-order valence-electron chi connectivity index (χ4n) is 2.42. The molecule has 7 heteroatoms. The van der Waals surface area contributed by atoms with Gasteiger partial charge in [-0.05, 0) is 50.1 Å². The van der Waals surface area contributed by atoms with Gasteiger partial charge in [-0.15, -0.1) is 0 Å². The highest BCUT2D eigenvalue weighted by Crippen LogP contribution is 2.18. The van der Waals surface area contributed by atoms with Crippen LogP contribution in [0.4, 0.5) is 10.5 Å². The van der Waals surface area contributed by atoms with Crippen molar-refractivity contribution in [1.82, 2.24) is 4.90 Å². The van der Waals surface area contributed by atoms with Crippen LogP contribution < -0.4 is 9.50 Å². The smallest absolute Gasteiger partial charge is 0.322 e. The van der Waals surface area contributed by atoms with Crippen LogP contribution in [0.3, 0.4) is 0 Å². The predicted molar refractivity (Wildman–Crippen MR) is 107 cm³/mol. The number of para-hydroxylation sites is 1. The van der Waals surface area contributed by atoms with Gasteiger partial charge in [0.2, 0.25) is 0 Å². The van der Waals surface area contributed by atoms with Gasteiger partial charge in [0, 0.05) is 18.3 Å². The number of anilines is 1. The number of hydrogen-bond acceptors (Lipinski definition) is 4. The average molecular weight is 391 g/mol. The van der Waals surface area contributed by atoms with Crippen molar-refractivity contribution in [1.29, 1.82) is 0 Å². The van der Waals surface area contributed by atoms with Gasteiger partial charge in [0.25, 0.3) is 0 Å². The third-order valence-corrected chi connectivity index (χ3v) is 5.42. The molecule has 27 heavy (non-hydrogen) atoms. The molecule has 2 amide bonds. The van der Waals surface area contributed by atoms with Crippen molar-refractivity contribution in [3.8, 4) is 5.75 Å². The highest BCUT2D eigenvalue weighted by atomic mass is 32.2. The van der Waals surface area contributed by atoms with Crippen LogP contribution in [-0.2, 0) is 16.7 Å².